The second kappa shape index (κ2) is 8.00. The van der Waals surface area contributed by atoms with E-state index < -0.39 is 28.1 Å². The van der Waals surface area contributed by atoms with E-state index in [1.165, 1.54) is 18.2 Å². The van der Waals surface area contributed by atoms with Crippen LogP contribution in [-0.4, -0.2) is 20.9 Å². The van der Waals surface area contributed by atoms with Crippen molar-refractivity contribution in [3.05, 3.63) is 71.5 Å². The van der Waals surface area contributed by atoms with Gasteiger partial charge in [0.05, 0.1) is 13.0 Å². The summed E-state index contributed by atoms with van der Waals surface area (Å²) in [6, 6.07) is 14.5. The molecule has 1 unspecified atom stereocenters. The topological polar surface area (TPSA) is 98.5 Å². The van der Waals surface area contributed by atoms with Crippen molar-refractivity contribution in [2.45, 2.75) is 12.5 Å². The van der Waals surface area contributed by atoms with Gasteiger partial charge in [-0.05, 0) is 11.6 Å². The molecule has 0 saturated heterocycles. The maximum absolute atomic E-state index is 13.9. The first-order valence-electron chi connectivity index (χ1n) is 7.10. The molecule has 0 aromatic heterocycles. The van der Waals surface area contributed by atoms with Crippen LogP contribution in [0.5, 0.6) is 0 Å². The highest BCUT2D eigenvalue weighted by Gasteiger charge is 2.21. The zero-order chi connectivity index (χ0) is 17.6. The highest BCUT2D eigenvalue weighted by atomic mass is 32.2. The van der Waals surface area contributed by atoms with Crippen molar-refractivity contribution in [3.8, 4) is 0 Å². The number of carbonyl (C=O) groups excluding carboxylic acids is 1. The van der Waals surface area contributed by atoms with Gasteiger partial charge in [0.15, 0.2) is 0 Å². The third kappa shape index (κ3) is 5.73. The standard InChI is InChI=1S/C16H17FN2O4S/c17-14-9-5-4-8-13(14)15(11-19-24(18,21)22)23-16(20)10-12-6-2-1-3-7-12/h1-9,15,19H,10-11H2,(H2,18,21,22). The molecule has 0 bridgehead atoms. The third-order valence-electron chi connectivity index (χ3n) is 3.19. The van der Waals surface area contributed by atoms with Gasteiger partial charge < -0.3 is 4.74 Å². The Morgan fingerprint density at radius 3 is 2.38 bits per heavy atom. The van der Waals surface area contributed by atoms with Crippen molar-refractivity contribution in [2.24, 2.45) is 5.14 Å². The molecule has 0 aliphatic heterocycles. The van der Waals surface area contributed by atoms with E-state index in [-0.39, 0.29) is 18.5 Å². The average Bonchev–Trinajstić information content (AvgIpc) is 2.52. The van der Waals surface area contributed by atoms with E-state index in [4.69, 9.17) is 9.88 Å². The maximum atomic E-state index is 13.9. The molecule has 2 aromatic rings. The highest BCUT2D eigenvalue weighted by molar-refractivity contribution is 7.87. The molecule has 24 heavy (non-hydrogen) atoms. The molecule has 3 N–H and O–H groups in total. The molecule has 2 aromatic carbocycles. The summed E-state index contributed by atoms with van der Waals surface area (Å²) in [4.78, 5) is 12.1. The summed E-state index contributed by atoms with van der Waals surface area (Å²) < 4.78 is 43.3. The molecule has 1 atom stereocenters. The summed E-state index contributed by atoms with van der Waals surface area (Å²) in [6.45, 7) is -0.361. The van der Waals surface area contributed by atoms with E-state index in [1.54, 1.807) is 30.3 Å². The molecule has 0 fully saturated rings. The zero-order valence-electron chi connectivity index (χ0n) is 12.7. The molecule has 0 radical (unpaired) electrons. The fourth-order valence-corrected chi connectivity index (χ4v) is 2.49. The van der Waals surface area contributed by atoms with Crippen LogP contribution in [0.3, 0.4) is 0 Å². The van der Waals surface area contributed by atoms with Gasteiger partial charge in [-0.3, -0.25) is 4.79 Å². The van der Waals surface area contributed by atoms with Crippen molar-refractivity contribution >= 4 is 16.2 Å². The average molecular weight is 352 g/mol. The number of hydrogen-bond acceptors (Lipinski definition) is 4. The number of ether oxygens (including phenoxy) is 1. The Morgan fingerprint density at radius 1 is 1.12 bits per heavy atom. The monoisotopic (exact) mass is 352 g/mol. The second-order valence-corrected chi connectivity index (χ2v) is 6.43. The number of rotatable bonds is 7. The molecule has 128 valence electrons. The Kier molecular flexibility index (Phi) is 6.02. The number of esters is 1. The van der Waals surface area contributed by atoms with Crippen LogP contribution in [-0.2, 0) is 26.2 Å². The van der Waals surface area contributed by atoms with Gasteiger partial charge in [0.25, 0.3) is 10.2 Å². The van der Waals surface area contributed by atoms with E-state index in [1.807, 2.05) is 10.8 Å². The van der Waals surface area contributed by atoms with Crippen LogP contribution in [0.1, 0.15) is 17.2 Å². The van der Waals surface area contributed by atoms with Crippen molar-refractivity contribution in [1.82, 2.24) is 4.72 Å². The molecule has 0 amide bonds. The molecule has 0 saturated carbocycles. The number of nitrogens with two attached hydrogens (primary N) is 1. The highest BCUT2D eigenvalue weighted by Crippen LogP contribution is 2.21. The van der Waals surface area contributed by atoms with E-state index in [0.717, 1.165) is 5.56 Å². The van der Waals surface area contributed by atoms with Gasteiger partial charge in [0.2, 0.25) is 0 Å². The van der Waals surface area contributed by atoms with Gasteiger partial charge in [-0.15, -0.1) is 0 Å². The first kappa shape index (κ1) is 18.1. The van der Waals surface area contributed by atoms with Gasteiger partial charge in [-0.2, -0.15) is 13.1 Å². The van der Waals surface area contributed by atoms with Crippen LogP contribution >= 0.6 is 0 Å². The normalized spacial score (nSPS) is 12.6. The Morgan fingerprint density at radius 2 is 1.75 bits per heavy atom. The van der Waals surface area contributed by atoms with Gasteiger partial charge in [0.1, 0.15) is 11.9 Å². The summed E-state index contributed by atoms with van der Waals surface area (Å²) in [7, 11) is -4.00. The summed E-state index contributed by atoms with van der Waals surface area (Å²) in [5, 5.41) is 4.88. The first-order chi connectivity index (χ1) is 11.3. The minimum atomic E-state index is -4.00. The summed E-state index contributed by atoms with van der Waals surface area (Å²) >= 11 is 0. The molecular formula is C16H17FN2O4S. The molecule has 0 spiro atoms. The molecular weight excluding hydrogens is 335 g/mol. The molecule has 8 heteroatoms. The predicted octanol–water partition coefficient (Wildman–Crippen LogP) is 1.45. The lowest BCUT2D eigenvalue weighted by molar-refractivity contribution is -0.148. The Hall–Kier alpha value is -2.29. The number of nitrogens with one attached hydrogen (secondary N) is 1. The number of benzene rings is 2. The minimum Gasteiger partial charge on any atom is -0.456 e. The van der Waals surface area contributed by atoms with Gasteiger partial charge in [0, 0.05) is 5.56 Å². The lowest BCUT2D eigenvalue weighted by Crippen LogP contribution is -2.35. The largest absolute Gasteiger partial charge is 0.456 e. The van der Waals surface area contributed by atoms with Crippen LogP contribution in [0.2, 0.25) is 0 Å². The Labute approximate surface area is 139 Å². The van der Waals surface area contributed by atoms with E-state index >= 15 is 0 Å². The lowest BCUT2D eigenvalue weighted by atomic mass is 10.1. The number of carbonyl (C=O) groups is 1. The van der Waals surface area contributed by atoms with Crippen molar-refractivity contribution in [2.75, 3.05) is 6.54 Å². The molecule has 0 aliphatic rings. The number of hydrogen-bond donors (Lipinski definition) is 2. The summed E-state index contributed by atoms with van der Waals surface area (Å²) in [5.74, 6) is -1.21. The van der Waals surface area contributed by atoms with Gasteiger partial charge >= 0.3 is 5.97 Å². The Bertz CT molecular complexity index is 797. The quantitative estimate of drug-likeness (QED) is 0.737. The third-order valence-corrected chi connectivity index (χ3v) is 3.76. The van der Waals surface area contributed by atoms with Crippen LogP contribution in [0.15, 0.2) is 54.6 Å². The van der Waals surface area contributed by atoms with Crippen molar-refractivity contribution in [3.63, 3.8) is 0 Å². The molecule has 0 heterocycles. The smallest absolute Gasteiger partial charge is 0.310 e. The van der Waals surface area contributed by atoms with E-state index in [9.17, 15) is 17.6 Å². The fraction of sp³-hybridized carbons (Fsp3) is 0.188. The molecule has 0 aliphatic carbocycles. The Balaban J connectivity index is 2.13. The van der Waals surface area contributed by atoms with Crippen LogP contribution in [0.4, 0.5) is 4.39 Å². The first-order valence-corrected chi connectivity index (χ1v) is 8.65. The summed E-state index contributed by atoms with van der Waals surface area (Å²) in [5.41, 5.74) is 0.796. The van der Waals surface area contributed by atoms with Crippen molar-refractivity contribution in [1.29, 1.82) is 0 Å². The SMILES string of the molecule is NS(=O)(=O)NCC(OC(=O)Cc1ccccc1)c1ccccc1F. The van der Waals surface area contributed by atoms with Crippen LogP contribution in [0.25, 0.3) is 0 Å². The van der Waals surface area contributed by atoms with Crippen molar-refractivity contribution < 1.29 is 22.3 Å². The van der Waals surface area contributed by atoms with Gasteiger partial charge in [-0.1, -0.05) is 48.5 Å². The number of halogens is 1. The van der Waals surface area contributed by atoms with E-state index in [2.05, 4.69) is 0 Å². The minimum absolute atomic E-state index is 0.0127. The van der Waals surface area contributed by atoms with Crippen LogP contribution < -0.4 is 9.86 Å². The second-order valence-electron chi connectivity index (χ2n) is 5.06. The molecule has 2 rings (SSSR count). The predicted molar refractivity (Wildman–Crippen MR) is 86.5 cm³/mol. The lowest BCUT2D eigenvalue weighted by Gasteiger charge is -2.19. The maximum Gasteiger partial charge on any atom is 0.310 e. The molecule has 6 nitrogen and oxygen atoms in total. The summed E-state index contributed by atoms with van der Waals surface area (Å²) in [6.07, 6.45) is -1.14. The zero-order valence-corrected chi connectivity index (χ0v) is 13.5. The van der Waals surface area contributed by atoms with E-state index in [0.29, 0.717) is 0 Å². The fourth-order valence-electron chi connectivity index (χ4n) is 2.11. The van der Waals surface area contributed by atoms with Gasteiger partial charge in [-0.25, -0.2) is 9.53 Å². The van der Waals surface area contributed by atoms with Crippen LogP contribution in [0, 0.1) is 5.82 Å².